The van der Waals surface area contributed by atoms with Crippen LogP contribution in [0.3, 0.4) is 0 Å². The summed E-state index contributed by atoms with van der Waals surface area (Å²) in [6, 6.07) is 0. The van der Waals surface area contributed by atoms with Crippen LogP contribution in [0.2, 0.25) is 0 Å². The summed E-state index contributed by atoms with van der Waals surface area (Å²) in [6.45, 7) is 5.88. The molecule has 15 heavy (non-hydrogen) atoms. The van der Waals surface area contributed by atoms with E-state index in [-0.39, 0.29) is 11.4 Å². The number of carboxylic acids is 1. The zero-order chi connectivity index (χ0) is 11.9. The van der Waals surface area contributed by atoms with Crippen molar-refractivity contribution in [2.45, 2.75) is 45.6 Å². The van der Waals surface area contributed by atoms with Crippen molar-refractivity contribution < 1.29 is 14.7 Å². The van der Waals surface area contributed by atoms with Gasteiger partial charge in [0.1, 0.15) is 5.41 Å². The fourth-order valence-corrected chi connectivity index (χ4v) is 1.48. The molecular weight excluding hydrogens is 194 g/mol. The summed E-state index contributed by atoms with van der Waals surface area (Å²) < 4.78 is 0. The summed E-state index contributed by atoms with van der Waals surface area (Å²) >= 11 is 0. The highest BCUT2D eigenvalue weighted by Gasteiger charge is 2.59. The number of nitrogens with zero attached hydrogens (tertiary/aromatic N) is 1. The number of carbonyl (C=O) groups is 2. The van der Waals surface area contributed by atoms with E-state index >= 15 is 0 Å². The van der Waals surface area contributed by atoms with Crippen LogP contribution in [0.15, 0.2) is 0 Å². The Morgan fingerprint density at radius 1 is 1.40 bits per heavy atom. The van der Waals surface area contributed by atoms with Crippen molar-refractivity contribution in [2.75, 3.05) is 7.05 Å². The Hall–Kier alpha value is -1.06. The van der Waals surface area contributed by atoms with Gasteiger partial charge in [-0.05, 0) is 33.1 Å². The summed E-state index contributed by atoms with van der Waals surface area (Å²) in [6.07, 6.45) is 1.77. The van der Waals surface area contributed by atoms with Crippen LogP contribution >= 0.6 is 0 Å². The molecule has 4 heteroatoms. The van der Waals surface area contributed by atoms with Gasteiger partial charge in [-0.15, -0.1) is 0 Å². The second-order valence-corrected chi connectivity index (χ2v) is 4.92. The lowest BCUT2D eigenvalue weighted by atomic mass is 9.96. The molecule has 0 saturated heterocycles. The first-order chi connectivity index (χ1) is 6.78. The zero-order valence-electron chi connectivity index (χ0n) is 9.83. The first kappa shape index (κ1) is 12.0. The molecule has 1 saturated carbocycles. The van der Waals surface area contributed by atoms with Gasteiger partial charge in [-0.3, -0.25) is 9.59 Å². The molecule has 86 valence electrons. The largest absolute Gasteiger partial charge is 0.480 e. The predicted molar refractivity (Wildman–Crippen MR) is 56.4 cm³/mol. The lowest BCUT2D eigenvalue weighted by molar-refractivity contribution is -0.155. The summed E-state index contributed by atoms with van der Waals surface area (Å²) in [5.41, 5.74) is -1.39. The average Bonchev–Trinajstić information content (AvgIpc) is 2.96. The van der Waals surface area contributed by atoms with Gasteiger partial charge in [-0.25, -0.2) is 0 Å². The van der Waals surface area contributed by atoms with Crippen LogP contribution in [-0.2, 0) is 9.59 Å². The van der Waals surface area contributed by atoms with E-state index in [0.29, 0.717) is 12.8 Å². The van der Waals surface area contributed by atoms with Crippen LogP contribution in [-0.4, -0.2) is 34.5 Å². The molecule has 1 rings (SSSR count). The molecule has 0 bridgehead atoms. The maximum Gasteiger partial charge on any atom is 0.319 e. The van der Waals surface area contributed by atoms with Crippen LogP contribution in [0.4, 0.5) is 0 Å². The highest BCUT2D eigenvalue weighted by molar-refractivity contribution is 6.04. The SMILES string of the molecule is CCC(C)(C)N(C)C(=O)C1(C(=O)O)CC1. The number of rotatable bonds is 4. The molecule has 1 fully saturated rings. The van der Waals surface area contributed by atoms with E-state index < -0.39 is 11.4 Å². The monoisotopic (exact) mass is 213 g/mol. The van der Waals surface area contributed by atoms with Crippen molar-refractivity contribution in [3.05, 3.63) is 0 Å². The molecule has 0 atom stereocenters. The van der Waals surface area contributed by atoms with E-state index in [1.165, 1.54) is 0 Å². The van der Waals surface area contributed by atoms with Gasteiger partial charge in [0.05, 0.1) is 0 Å². The average molecular weight is 213 g/mol. The van der Waals surface area contributed by atoms with Gasteiger partial charge in [0, 0.05) is 12.6 Å². The molecule has 0 aromatic heterocycles. The number of carbonyl (C=O) groups excluding carboxylic acids is 1. The summed E-state index contributed by atoms with van der Waals surface area (Å²) in [7, 11) is 1.69. The molecule has 1 amide bonds. The quantitative estimate of drug-likeness (QED) is 0.720. The first-order valence-corrected chi connectivity index (χ1v) is 5.29. The molecule has 0 spiro atoms. The molecule has 0 radical (unpaired) electrons. The molecule has 0 heterocycles. The second kappa shape index (κ2) is 3.51. The Morgan fingerprint density at radius 3 is 2.13 bits per heavy atom. The third-order valence-electron chi connectivity index (χ3n) is 3.65. The van der Waals surface area contributed by atoms with Gasteiger partial charge in [0.25, 0.3) is 0 Å². The summed E-state index contributed by atoms with van der Waals surface area (Å²) in [4.78, 5) is 24.6. The van der Waals surface area contributed by atoms with Gasteiger partial charge >= 0.3 is 5.97 Å². The van der Waals surface area contributed by atoms with Crippen molar-refractivity contribution in [3.8, 4) is 0 Å². The normalized spacial score (nSPS) is 18.4. The van der Waals surface area contributed by atoms with E-state index in [4.69, 9.17) is 5.11 Å². The zero-order valence-corrected chi connectivity index (χ0v) is 9.83. The molecule has 1 aliphatic carbocycles. The molecule has 4 nitrogen and oxygen atoms in total. The maximum absolute atomic E-state index is 12.0. The minimum atomic E-state index is -1.11. The fourth-order valence-electron chi connectivity index (χ4n) is 1.48. The third kappa shape index (κ3) is 1.85. The minimum Gasteiger partial charge on any atom is -0.480 e. The van der Waals surface area contributed by atoms with Crippen molar-refractivity contribution in [2.24, 2.45) is 5.41 Å². The number of aliphatic carboxylic acids is 1. The van der Waals surface area contributed by atoms with E-state index in [0.717, 1.165) is 6.42 Å². The minimum absolute atomic E-state index is 0.248. The predicted octanol–water partition coefficient (Wildman–Crippen LogP) is 1.50. The van der Waals surface area contributed by atoms with Gasteiger partial charge in [-0.1, -0.05) is 6.92 Å². The smallest absolute Gasteiger partial charge is 0.319 e. The molecule has 0 aromatic rings. The molecule has 0 aliphatic heterocycles. The molecular formula is C11H19NO3. The summed E-state index contributed by atoms with van der Waals surface area (Å²) in [5.74, 6) is -1.23. The van der Waals surface area contributed by atoms with Crippen molar-refractivity contribution >= 4 is 11.9 Å². The third-order valence-corrected chi connectivity index (χ3v) is 3.65. The van der Waals surface area contributed by atoms with Crippen LogP contribution in [0.5, 0.6) is 0 Å². The van der Waals surface area contributed by atoms with E-state index in [1.807, 2.05) is 20.8 Å². The van der Waals surface area contributed by atoms with Crippen LogP contribution < -0.4 is 0 Å². The molecule has 1 N–H and O–H groups in total. The van der Waals surface area contributed by atoms with Gasteiger partial charge in [0.15, 0.2) is 0 Å². The van der Waals surface area contributed by atoms with Crippen molar-refractivity contribution in [1.29, 1.82) is 0 Å². The fraction of sp³-hybridized carbons (Fsp3) is 0.818. The van der Waals surface area contributed by atoms with Gasteiger partial charge in [-0.2, -0.15) is 0 Å². The lowest BCUT2D eigenvalue weighted by Crippen LogP contribution is -2.49. The van der Waals surface area contributed by atoms with Crippen LogP contribution in [0.25, 0.3) is 0 Å². The highest BCUT2D eigenvalue weighted by Crippen LogP contribution is 2.48. The maximum atomic E-state index is 12.0. The lowest BCUT2D eigenvalue weighted by Gasteiger charge is -2.36. The molecule has 1 aliphatic rings. The van der Waals surface area contributed by atoms with Gasteiger partial charge < -0.3 is 10.0 Å². The van der Waals surface area contributed by atoms with Crippen molar-refractivity contribution in [1.82, 2.24) is 4.90 Å². The Labute approximate surface area is 90.3 Å². The number of carboxylic acid groups (broad SMARTS) is 1. The Balaban J connectivity index is 2.82. The van der Waals surface area contributed by atoms with Crippen LogP contribution in [0.1, 0.15) is 40.0 Å². The number of hydrogen-bond acceptors (Lipinski definition) is 2. The van der Waals surface area contributed by atoms with Crippen molar-refractivity contribution in [3.63, 3.8) is 0 Å². The van der Waals surface area contributed by atoms with E-state index in [9.17, 15) is 9.59 Å². The molecule has 0 unspecified atom stereocenters. The Kier molecular flexibility index (Phi) is 2.81. The van der Waals surface area contributed by atoms with E-state index in [2.05, 4.69) is 0 Å². The highest BCUT2D eigenvalue weighted by atomic mass is 16.4. The number of hydrogen-bond donors (Lipinski definition) is 1. The first-order valence-electron chi connectivity index (χ1n) is 5.29. The Bertz CT molecular complexity index is 292. The van der Waals surface area contributed by atoms with Gasteiger partial charge in [0.2, 0.25) is 5.91 Å². The second-order valence-electron chi connectivity index (χ2n) is 4.92. The van der Waals surface area contributed by atoms with Crippen LogP contribution in [0, 0.1) is 5.41 Å². The number of amides is 1. The molecule has 0 aromatic carbocycles. The van der Waals surface area contributed by atoms with E-state index in [1.54, 1.807) is 11.9 Å². The standard InChI is InChI=1S/C11H19NO3/c1-5-10(2,3)12(4)8(13)11(6-7-11)9(14)15/h5-7H2,1-4H3,(H,14,15). The Morgan fingerprint density at radius 2 is 1.87 bits per heavy atom. The summed E-state index contributed by atoms with van der Waals surface area (Å²) in [5, 5.41) is 9.01. The topological polar surface area (TPSA) is 57.6 Å².